The van der Waals surface area contributed by atoms with Gasteiger partial charge in [-0.25, -0.2) is 0 Å². The van der Waals surface area contributed by atoms with Crippen LogP contribution in [0.5, 0.6) is 0 Å². The zero-order valence-electron chi connectivity index (χ0n) is 5.38. The summed E-state index contributed by atoms with van der Waals surface area (Å²) in [7, 11) is 0. The maximum Gasteiger partial charge on any atom is 0.0163 e. The van der Waals surface area contributed by atoms with Gasteiger partial charge in [0.25, 0.3) is 0 Å². The van der Waals surface area contributed by atoms with Crippen LogP contribution in [0.2, 0.25) is 0 Å². The van der Waals surface area contributed by atoms with Gasteiger partial charge >= 0.3 is 0 Å². The molecular weight excluding hydrogens is 112 g/mol. The van der Waals surface area contributed by atoms with E-state index in [4.69, 9.17) is 5.84 Å². The summed E-state index contributed by atoms with van der Waals surface area (Å²) in [4.78, 5) is 0. The molecule has 2 nitrogen and oxygen atoms in total. The van der Waals surface area contributed by atoms with E-state index >= 15 is 0 Å². The molecule has 0 amide bonds. The first-order valence-corrected chi connectivity index (χ1v) is 3.20. The van der Waals surface area contributed by atoms with E-state index in [-0.39, 0.29) is 0 Å². The fraction of sp³-hybridized carbons (Fsp3) is 0.429. The van der Waals surface area contributed by atoms with Gasteiger partial charge < -0.3 is 0 Å². The van der Waals surface area contributed by atoms with Crippen LogP contribution in [-0.4, -0.2) is 6.54 Å². The Morgan fingerprint density at radius 2 is 2.44 bits per heavy atom. The van der Waals surface area contributed by atoms with E-state index in [0.29, 0.717) is 5.92 Å². The molecule has 0 radical (unpaired) electrons. The number of allylic oxidation sites excluding steroid dienone is 3. The van der Waals surface area contributed by atoms with Gasteiger partial charge in [0.1, 0.15) is 0 Å². The maximum absolute atomic E-state index is 5.15. The normalized spacial score (nSPS) is 24.8. The molecule has 1 aliphatic carbocycles. The Balaban J connectivity index is 2.28. The lowest BCUT2D eigenvalue weighted by Crippen LogP contribution is -2.28. The van der Waals surface area contributed by atoms with Crippen molar-refractivity contribution < 1.29 is 0 Å². The molecule has 0 saturated carbocycles. The standard InChI is InChI=1S/C7H12N2/c8-9-6-7-4-2-1-3-5-7/h1-4,7,9H,5-6,8H2. The molecule has 50 valence electrons. The third-order valence-electron chi connectivity index (χ3n) is 1.45. The van der Waals surface area contributed by atoms with Crippen LogP contribution in [0.3, 0.4) is 0 Å². The highest BCUT2D eigenvalue weighted by atomic mass is 15.2. The van der Waals surface area contributed by atoms with E-state index in [2.05, 4.69) is 29.7 Å². The van der Waals surface area contributed by atoms with Crippen LogP contribution in [0.25, 0.3) is 0 Å². The molecule has 9 heavy (non-hydrogen) atoms. The van der Waals surface area contributed by atoms with Gasteiger partial charge in [-0.3, -0.25) is 11.3 Å². The third-order valence-corrected chi connectivity index (χ3v) is 1.45. The Morgan fingerprint density at radius 3 is 3.00 bits per heavy atom. The first-order valence-electron chi connectivity index (χ1n) is 3.20. The predicted octanol–water partition coefficient (Wildman–Crippen LogP) is 0.582. The third kappa shape index (κ3) is 2.00. The summed E-state index contributed by atoms with van der Waals surface area (Å²) in [6.45, 7) is 0.876. The van der Waals surface area contributed by atoms with Gasteiger partial charge in [0, 0.05) is 6.54 Å². The van der Waals surface area contributed by atoms with Gasteiger partial charge in [0.05, 0.1) is 0 Å². The molecule has 0 saturated heterocycles. The second kappa shape index (κ2) is 3.43. The van der Waals surface area contributed by atoms with E-state index in [0.717, 1.165) is 13.0 Å². The topological polar surface area (TPSA) is 38.0 Å². The number of nitrogens with one attached hydrogen (secondary N) is 1. The first-order chi connectivity index (χ1) is 4.43. The van der Waals surface area contributed by atoms with Crippen molar-refractivity contribution in [3.8, 4) is 0 Å². The molecule has 0 aliphatic heterocycles. The molecule has 0 fully saturated rings. The van der Waals surface area contributed by atoms with Crippen molar-refractivity contribution in [2.24, 2.45) is 11.8 Å². The molecule has 0 aromatic rings. The second-order valence-corrected chi connectivity index (χ2v) is 2.22. The Morgan fingerprint density at radius 1 is 1.56 bits per heavy atom. The summed E-state index contributed by atoms with van der Waals surface area (Å²) in [5.41, 5.74) is 2.65. The van der Waals surface area contributed by atoms with Crippen molar-refractivity contribution in [1.82, 2.24) is 5.43 Å². The van der Waals surface area contributed by atoms with Crippen LogP contribution in [0.4, 0.5) is 0 Å². The molecule has 2 heteroatoms. The minimum Gasteiger partial charge on any atom is -0.271 e. The van der Waals surface area contributed by atoms with E-state index in [1.807, 2.05) is 0 Å². The molecule has 0 aromatic heterocycles. The average molecular weight is 124 g/mol. The predicted molar refractivity (Wildman–Crippen MR) is 38.6 cm³/mol. The SMILES string of the molecule is NNCC1C=CC=CC1. The smallest absolute Gasteiger partial charge is 0.0163 e. The summed E-state index contributed by atoms with van der Waals surface area (Å²) >= 11 is 0. The maximum atomic E-state index is 5.15. The van der Waals surface area contributed by atoms with Crippen molar-refractivity contribution in [3.63, 3.8) is 0 Å². The Labute approximate surface area is 55.4 Å². The molecule has 1 rings (SSSR count). The zero-order chi connectivity index (χ0) is 6.53. The Bertz CT molecular complexity index is 127. The lowest BCUT2D eigenvalue weighted by Gasteiger charge is -2.10. The monoisotopic (exact) mass is 124 g/mol. The summed E-state index contributed by atoms with van der Waals surface area (Å²) < 4.78 is 0. The van der Waals surface area contributed by atoms with Crippen molar-refractivity contribution in [2.75, 3.05) is 6.54 Å². The van der Waals surface area contributed by atoms with Crippen LogP contribution < -0.4 is 11.3 Å². The molecular formula is C7H12N2. The van der Waals surface area contributed by atoms with Gasteiger partial charge in [-0.2, -0.15) is 0 Å². The largest absolute Gasteiger partial charge is 0.271 e. The van der Waals surface area contributed by atoms with Crippen molar-refractivity contribution in [2.45, 2.75) is 6.42 Å². The van der Waals surface area contributed by atoms with Crippen LogP contribution in [0.1, 0.15) is 6.42 Å². The Kier molecular flexibility index (Phi) is 2.48. The van der Waals surface area contributed by atoms with Gasteiger partial charge in [0.15, 0.2) is 0 Å². The number of hydrazine groups is 1. The van der Waals surface area contributed by atoms with Crippen LogP contribution in [0, 0.1) is 5.92 Å². The fourth-order valence-corrected chi connectivity index (χ4v) is 0.935. The highest BCUT2D eigenvalue weighted by Gasteiger charge is 2.01. The zero-order valence-corrected chi connectivity index (χ0v) is 5.38. The summed E-state index contributed by atoms with van der Waals surface area (Å²) in [6.07, 6.45) is 9.56. The van der Waals surface area contributed by atoms with E-state index in [1.54, 1.807) is 0 Å². The summed E-state index contributed by atoms with van der Waals surface area (Å²) in [5, 5.41) is 0. The molecule has 0 heterocycles. The number of hydrogen-bond acceptors (Lipinski definition) is 2. The van der Waals surface area contributed by atoms with E-state index in [9.17, 15) is 0 Å². The number of rotatable bonds is 2. The molecule has 0 spiro atoms. The lowest BCUT2D eigenvalue weighted by molar-refractivity contribution is 0.575. The molecule has 0 aromatic carbocycles. The van der Waals surface area contributed by atoms with Crippen molar-refractivity contribution in [3.05, 3.63) is 24.3 Å². The van der Waals surface area contributed by atoms with E-state index in [1.165, 1.54) is 0 Å². The van der Waals surface area contributed by atoms with Gasteiger partial charge in [-0.15, -0.1) is 0 Å². The molecule has 0 bridgehead atoms. The average Bonchev–Trinajstić information content (AvgIpc) is 1.91. The minimum absolute atomic E-state index is 0.597. The second-order valence-electron chi connectivity index (χ2n) is 2.22. The Hall–Kier alpha value is -0.600. The first kappa shape index (κ1) is 6.52. The van der Waals surface area contributed by atoms with Crippen LogP contribution >= 0.6 is 0 Å². The highest BCUT2D eigenvalue weighted by molar-refractivity contribution is 5.10. The quantitative estimate of drug-likeness (QED) is 0.417. The van der Waals surface area contributed by atoms with Gasteiger partial charge in [-0.1, -0.05) is 24.3 Å². The number of hydrogen-bond donors (Lipinski definition) is 2. The van der Waals surface area contributed by atoms with Crippen LogP contribution in [-0.2, 0) is 0 Å². The van der Waals surface area contributed by atoms with Crippen LogP contribution in [0.15, 0.2) is 24.3 Å². The molecule has 1 atom stereocenters. The molecule has 3 N–H and O–H groups in total. The minimum atomic E-state index is 0.597. The summed E-state index contributed by atoms with van der Waals surface area (Å²) in [6, 6.07) is 0. The molecule has 1 unspecified atom stereocenters. The fourth-order valence-electron chi connectivity index (χ4n) is 0.935. The van der Waals surface area contributed by atoms with Crippen molar-refractivity contribution in [1.29, 1.82) is 0 Å². The van der Waals surface area contributed by atoms with Gasteiger partial charge in [0.2, 0.25) is 0 Å². The van der Waals surface area contributed by atoms with E-state index < -0.39 is 0 Å². The van der Waals surface area contributed by atoms with Gasteiger partial charge in [-0.05, 0) is 12.3 Å². The lowest BCUT2D eigenvalue weighted by atomic mass is 10.0. The summed E-state index contributed by atoms with van der Waals surface area (Å²) in [5.74, 6) is 5.75. The highest BCUT2D eigenvalue weighted by Crippen LogP contribution is 2.08. The van der Waals surface area contributed by atoms with Crippen molar-refractivity contribution >= 4 is 0 Å². The number of nitrogens with two attached hydrogens (primary N) is 1. The molecule has 1 aliphatic rings.